The summed E-state index contributed by atoms with van der Waals surface area (Å²) in [6.07, 6.45) is 0.742. The summed E-state index contributed by atoms with van der Waals surface area (Å²) in [6.45, 7) is 1.05. The second-order valence-corrected chi connectivity index (χ2v) is 4.22. The average molecular weight is 241 g/mol. The lowest BCUT2D eigenvalue weighted by atomic mass is 10.1. The van der Waals surface area contributed by atoms with Gasteiger partial charge in [-0.2, -0.15) is 0 Å². The number of nitrogens with zero attached hydrogens (tertiary/aromatic N) is 1. The monoisotopic (exact) mass is 241 g/mol. The van der Waals surface area contributed by atoms with E-state index in [0.29, 0.717) is 13.1 Å². The van der Waals surface area contributed by atoms with Gasteiger partial charge in [0.15, 0.2) is 11.6 Å². The number of aliphatic hydroxyl groups excluding tert-OH is 1. The minimum atomic E-state index is -1.02. The Balaban J connectivity index is 2.12. The van der Waals surface area contributed by atoms with Gasteiger partial charge in [-0.05, 0) is 24.6 Å². The van der Waals surface area contributed by atoms with E-state index < -0.39 is 11.6 Å². The van der Waals surface area contributed by atoms with Crippen LogP contribution >= 0.6 is 0 Å². The molecule has 92 valence electrons. The predicted octanol–water partition coefficient (Wildman–Crippen LogP) is 1.42. The Labute approximate surface area is 97.7 Å². The number of amides is 1. The van der Waals surface area contributed by atoms with E-state index in [-0.39, 0.29) is 24.0 Å². The lowest BCUT2D eigenvalue weighted by Gasteiger charge is -2.16. The van der Waals surface area contributed by atoms with Crippen LogP contribution in [0.25, 0.3) is 0 Å². The summed E-state index contributed by atoms with van der Waals surface area (Å²) < 4.78 is 25.7. The molecule has 1 aromatic rings. The molecule has 1 aromatic carbocycles. The van der Waals surface area contributed by atoms with Crippen molar-refractivity contribution in [2.24, 2.45) is 5.92 Å². The highest BCUT2D eigenvalue weighted by Crippen LogP contribution is 2.19. The molecule has 1 heterocycles. The topological polar surface area (TPSA) is 40.5 Å². The van der Waals surface area contributed by atoms with Gasteiger partial charge in [0, 0.05) is 31.2 Å². The van der Waals surface area contributed by atoms with Gasteiger partial charge in [0.2, 0.25) is 0 Å². The number of likely N-dealkylation sites (tertiary alicyclic amines) is 1. The van der Waals surface area contributed by atoms with Crippen LogP contribution in [0, 0.1) is 17.6 Å². The number of hydrogen-bond donors (Lipinski definition) is 1. The molecule has 1 aliphatic heterocycles. The summed E-state index contributed by atoms with van der Waals surface area (Å²) in [5.74, 6) is -2.21. The van der Waals surface area contributed by atoms with E-state index in [1.54, 1.807) is 4.90 Å². The quantitative estimate of drug-likeness (QED) is 0.850. The first-order valence-electron chi connectivity index (χ1n) is 5.47. The number of hydrogen-bond acceptors (Lipinski definition) is 2. The van der Waals surface area contributed by atoms with Crippen LogP contribution in [-0.2, 0) is 0 Å². The van der Waals surface area contributed by atoms with Gasteiger partial charge in [-0.3, -0.25) is 4.79 Å². The van der Waals surface area contributed by atoms with Crippen molar-refractivity contribution in [3.05, 3.63) is 35.4 Å². The van der Waals surface area contributed by atoms with Crippen LogP contribution in [0.1, 0.15) is 16.8 Å². The van der Waals surface area contributed by atoms with Gasteiger partial charge in [-0.15, -0.1) is 0 Å². The number of aliphatic hydroxyl groups is 1. The fourth-order valence-electron chi connectivity index (χ4n) is 1.98. The highest BCUT2D eigenvalue weighted by atomic mass is 19.2. The fraction of sp³-hybridized carbons (Fsp3) is 0.417. The normalized spacial score (nSPS) is 19.7. The van der Waals surface area contributed by atoms with E-state index in [9.17, 15) is 13.6 Å². The van der Waals surface area contributed by atoms with Crippen LogP contribution in [0.2, 0.25) is 0 Å². The van der Waals surface area contributed by atoms with Crippen LogP contribution in [0.15, 0.2) is 18.2 Å². The van der Waals surface area contributed by atoms with Crippen molar-refractivity contribution >= 4 is 5.91 Å². The Bertz CT molecular complexity index is 437. The molecule has 5 heteroatoms. The van der Waals surface area contributed by atoms with Crippen molar-refractivity contribution in [3.63, 3.8) is 0 Å². The van der Waals surface area contributed by atoms with Gasteiger partial charge in [0.05, 0.1) is 0 Å². The summed E-state index contributed by atoms with van der Waals surface area (Å²) >= 11 is 0. The number of carbonyl (C=O) groups excluding carboxylic acids is 1. The van der Waals surface area contributed by atoms with Crippen molar-refractivity contribution in [1.29, 1.82) is 0 Å². The fourth-order valence-corrected chi connectivity index (χ4v) is 1.98. The molecule has 0 unspecified atom stereocenters. The van der Waals surface area contributed by atoms with Gasteiger partial charge in [-0.25, -0.2) is 8.78 Å². The Morgan fingerprint density at radius 1 is 1.41 bits per heavy atom. The maximum absolute atomic E-state index is 13.0. The first-order valence-corrected chi connectivity index (χ1v) is 5.47. The molecule has 1 amide bonds. The molecule has 1 aliphatic rings. The molecule has 1 atom stereocenters. The summed E-state index contributed by atoms with van der Waals surface area (Å²) in [4.78, 5) is 13.5. The minimum absolute atomic E-state index is 0.0432. The van der Waals surface area contributed by atoms with Gasteiger partial charge in [0.25, 0.3) is 5.91 Å². The summed E-state index contributed by atoms with van der Waals surface area (Å²) in [6, 6.07) is 3.12. The molecule has 1 saturated heterocycles. The molecule has 0 spiro atoms. The number of halogens is 2. The molecule has 0 aliphatic carbocycles. The highest BCUT2D eigenvalue weighted by molar-refractivity contribution is 5.94. The largest absolute Gasteiger partial charge is 0.396 e. The van der Waals surface area contributed by atoms with Gasteiger partial charge < -0.3 is 10.0 Å². The van der Waals surface area contributed by atoms with Crippen molar-refractivity contribution in [3.8, 4) is 0 Å². The molecule has 1 fully saturated rings. The molecule has 0 bridgehead atoms. The highest BCUT2D eigenvalue weighted by Gasteiger charge is 2.26. The molecular weight excluding hydrogens is 228 g/mol. The van der Waals surface area contributed by atoms with E-state index >= 15 is 0 Å². The number of carbonyl (C=O) groups is 1. The molecule has 0 aromatic heterocycles. The Morgan fingerprint density at radius 3 is 2.76 bits per heavy atom. The van der Waals surface area contributed by atoms with Crippen molar-refractivity contribution < 1.29 is 18.7 Å². The molecule has 2 rings (SSSR count). The number of benzene rings is 1. The lowest BCUT2D eigenvalue weighted by Crippen LogP contribution is -2.29. The van der Waals surface area contributed by atoms with Crippen molar-refractivity contribution in [2.45, 2.75) is 6.42 Å². The summed E-state index contributed by atoms with van der Waals surface area (Å²) in [5, 5.41) is 8.97. The van der Waals surface area contributed by atoms with Gasteiger partial charge in [-0.1, -0.05) is 0 Å². The molecule has 3 nitrogen and oxygen atoms in total. The van der Waals surface area contributed by atoms with Crippen LogP contribution in [0.3, 0.4) is 0 Å². The number of rotatable bonds is 2. The summed E-state index contributed by atoms with van der Waals surface area (Å²) in [7, 11) is 0. The molecule has 0 saturated carbocycles. The van der Waals surface area contributed by atoms with Crippen LogP contribution in [0.5, 0.6) is 0 Å². The van der Waals surface area contributed by atoms with E-state index in [0.717, 1.165) is 18.6 Å². The van der Waals surface area contributed by atoms with Crippen molar-refractivity contribution in [1.82, 2.24) is 4.90 Å². The maximum atomic E-state index is 13.0. The zero-order chi connectivity index (χ0) is 12.4. The Morgan fingerprint density at radius 2 is 2.18 bits per heavy atom. The SMILES string of the molecule is O=C(c1ccc(F)c(F)c1)N1CC[C@H](CO)C1. The van der Waals surface area contributed by atoms with E-state index in [4.69, 9.17) is 5.11 Å². The van der Waals surface area contributed by atoms with E-state index in [1.807, 2.05) is 0 Å². The van der Waals surface area contributed by atoms with Crippen LogP contribution in [-0.4, -0.2) is 35.6 Å². The predicted molar refractivity (Wildman–Crippen MR) is 57.5 cm³/mol. The van der Waals surface area contributed by atoms with Crippen LogP contribution in [0.4, 0.5) is 8.78 Å². The molecular formula is C12H13F2NO2. The van der Waals surface area contributed by atoms with Gasteiger partial charge >= 0.3 is 0 Å². The second kappa shape index (κ2) is 4.79. The first kappa shape index (κ1) is 12.0. The van der Waals surface area contributed by atoms with Gasteiger partial charge in [0.1, 0.15) is 0 Å². The third-order valence-electron chi connectivity index (χ3n) is 3.00. The molecule has 1 N–H and O–H groups in total. The summed E-state index contributed by atoms with van der Waals surface area (Å²) in [5.41, 5.74) is 0.141. The Hall–Kier alpha value is -1.49. The smallest absolute Gasteiger partial charge is 0.253 e. The van der Waals surface area contributed by atoms with Crippen LogP contribution < -0.4 is 0 Å². The lowest BCUT2D eigenvalue weighted by molar-refractivity contribution is 0.0781. The molecule has 17 heavy (non-hydrogen) atoms. The zero-order valence-electron chi connectivity index (χ0n) is 9.20. The minimum Gasteiger partial charge on any atom is -0.396 e. The van der Waals surface area contributed by atoms with E-state index in [2.05, 4.69) is 0 Å². The third-order valence-corrected chi connectivity index (χ3v) is 3.00. The first-order chi connectivity index (χ1) is 8.11. The maximum Gasteiger partial charge on any atom is 0.253 e. The van der Waals surface area contributed by atoms with Crippen molar-refractivity contribution in [2.75, 3.05) is 19.7 Å². The second-order valence-electron chi connectivity index (χ2n) is 4.22. The molecule has 0 radical (unpaired) electrons. The van der Waals surface area contributed by atoms with E-state index in [1.165, 1.54) is 6.07 Å². The average Bonchev–Trinajstić information content (AvgIpc) is 2.80. The third kappa shape index (κ3) is 2.44. The zero-order valence-corrected chi connectivity index (χ0v) is 9.20. The Kier molecular flexibility index (Phi) is 3.38. The standard InChI is InChI=1S/C12H13F2NO2/c13-10-2-1-9(5-11(10)14)12(17)15-4-3-8(6-15)7-16/h1-2,5,8,16H,3-4,6-7H2/t8-/m0/s1.